The molecule has 0 radical (unpaired) electrons. The largest absolute Gasteiger partial charge is 0.384 e. The quantitative estimate of drug-likeness (QED) is 0.841. The minimum Gasteiger partial charge on any atom is -0.384 e. The molecule has 0 aliphatic carbocycles. The predicted molar refractivity (Wildman–Crippen MR) is 81.9 cm³/mol. The maximum Gasteiger partial charge on any atom is 0.115 e. The fourth-order valence-electron chi connectivity index (χ4n) is 1.77. The van der Waals surface area contributed by atoms with E-state index in [0.29, 0.717) is 0 Å². The number of hydrogen-bond donors (Lipinski definition) is 2. The van der Waals surface area contributed by atoms with E-state index in [9.17, 15) is 0 Å². The van der Waals surface area contributed by atoms with Gasteiger partial charge in [0.2, 0.25) is 0 Å². The minimum absolute atomic E-state index is 0.196. The molecule has 0 aliphatic rings. The van der Waals surface area contributed by atoms with Crippen molar-refractivity contribution in [2.24, 2.45) is 0 Å². The van der Waals surface area contributed by atoms with Gasteiger partial charge in [0.15, 0.2) is 0 Å². The summed E-state index contributed by atoms with van der Waals surface area (Å²) in [5.41, 5.74) is 3.14. The molecule has 0 spiro atoms. The van der Waals surface area contributed by atoms with Crippen LogP contribution < -0.4 is 10.6 Å². The molecule has 102 valence electrons. The van der Waals surface area contributed by atoms with Crippen LogP contribution in [0.5, 0.6) is 0 Å². The van der Waals surface area contributed by atoms with E-state index in [4.69, 9.17) is 0 Å². The third-order valence-corrected chi connectivity index (χ3v) is 3.85. The van der Waals surface area contributed by atoms with Gasteiger partial charge >= 0.3 is 0 Å². The van der Waals surface area contributed by atoms with E-state index >= 15 is 0 Å². The summed E-state index contributed by atoms with van der Waals surface area (Å²) >= 11 is 1.69. The van der Waals surface area contributed by atoms with Gasteiger partial charge in [0, 0.05) is 17.6 Å². The summed E-state index contributed by atoms with van der Waals surface area (Å²) < 4.78 is 0. The summed E-state index contributed by atoms with van der Waals surface area (Å²) in [6, 6.07) is 2.28. The lowest BCUT2D eigenvalue weighted by atomic mass is 10.3. The molecule has 0 amide bonds. The molecule has 0 bridgehead atoms. The summed E-state index contributed by atoms with van der Waals surface area (Å²) in [4.78, 5) is 8.75. The average molecular weight is 276 g/mol. The first kappa shape index (κ1) is 13.8. The molecule has 0 fully saturated rings. The SMILES string of the molecule is CCCNc1cncc(NC(C)c2nc(C)cs2)c1. The van der Waals surface area contributed by atoms with Crippen LogP contribution in [-0.4, -0.2) is 16.5 Å². The topological polar surface area (TPSA) is 49.8 Å². The zero-order chi connectivity index (χ0) is 13.7. The highest BCUT2D eigenvalue weighted by Gasteiger charge is 2.09. The Labute approximate surface area is 118 Å². The first-order valence-electron chi connectivity index (χ1n) is 6.56. The molecule has 0 saturated carbocycles. The molecular weight excluding hydrogens is 256 g/mol. The van der Waals surface area contributed by atoms with Gasteiger partial charge in [-0.25, -0.2) is 4.98 Å². The van der Waals surface area contributed by atoms with Gasteiger partial charge in [-0.3, -0.25) is 4.98 Å². The Balaban J connectivity index is 2.02. The molecule has 0 aromatic carbocycles. The first-order chi connectivity index (χ1) is 9.19. The lowest BCUT2D eigenvalue weighted by molar-refractivity contribution is 0.862. The highest BCUT2D eigenvalue weighted by Crippen LogP contribution is 2.23. The highest BCUT2D eigenvalue weighted by atomic mass is 32.1. The Kier molecular flexibility index (Phi) is 4.74. The summed E-state index contributed by atoms with van der Waals surface area (Å²) in [5, 5.41) is 9.95. The van der Waals surface area contributed by atoms with Crippen molar-refractivity contribution in [3.05, 3.63) is 34.5 Å². The lowest BCUT2D eigenvalue weighted by Crippen LogP contribution is -2.07. The molecule has 2 N–H and O–H groups in total. The number of hydrogen-bond acceptors (Lipinski definition) is 5. The smallest absolute Gasteiger partial charge is 0.115 e. The van der Waals surface area contributed by atoms with Gasteiger partial charge in [-0.05, 0) is 26.3 Å². The van der Waals surface area contributed by atoms with Crippen molar-refractivity contribution in [1.29, 1.82) is 0 Å². The number of aryl methyl sites for hydroxylation is 1. The van der Waals surface area contributed by atoms with Crippen LogP contribution in [0.4, 0.5) is 11.4 Å². The molecule has 4 nitrogen and oxygen atoms in total. The normalized spacial score (nSPS) is 12.2. The summed E-state index contributed by atoms with van der Waals surface area (Å²) in [6.07, 6.45) is 4.79. The van der Waals surface area contributed by atoms with E-state index in [2.05, 4.69) is 45.9 Å². The van der Waals surface area contributed by atoms with Gasteiger partial charge in [-0.1, -0.05) is 6.92 Å². The second-order valence-electron chi connectivity index (χ2n) is 4.58. The zero-order valence-electron chi connectivity index (χ0n) is 11.6. The standard InChI is InChI=1S/C14H20N4S/c1-4-5-16-12-6-13(8-15-7-12)18-11(3)14-17-10(2)9-19-14/h6-9,11,16,18H,4-5H2,1-3H3. The van der Waals surface area contributed by atoms with Crippen molar-refractivity contribution in [2.75, 3.05) is 17.2 Å². The van der Waals surface area contributed by atoms with Gasteiger partial charge in [0.05, 0.1) is 29.8 Å². The van der Waals surface area contributed by atoms with Crippen molar-refractivity contribution in [3.8, 4) is 0 Å². The van der Waals surface area contributed by atoms with E-state index in [1.807, 2.05) is 19.3 Å². The second-order valence-corrected chi connectivity index (χ2v) is 5.47. The van der Waals surface area contributed by atoms with Gasteiger partial charge in [-0.15, -0.1) is 11.3 Å². The number of aromatic nitrogens is 2. The fourth-order valence-corrected chi connectivity index (χ4v) is 2.57. The monoisotopic (exact) mass is 276 g/mol. The van der Waals surface area contributed by atoms with Crippen LogP contribution in [-0.2, 0) is 0 Å². The maximum atomic E-state index is 4.50. The van der Waals surface area contributed by atoms with E-state index in [1.54, 1.807) is 11.3 Å². The lowest BCUT2D eigenvalue weighted by Gasteiger charge is -2.13. The minimum atomic E-state index is 0.196. The summed E-state index contributed by atoms with van der Waals surface area (Å²) in [6.45, 7) is 7.25. The van der Waals surface area contributed by atoms with Crippen LogP contribution in [0, 0.1) is 6.92 Å². The van der Waals surface area contributed by atoms with Crippen LogP contribution in [0.1, 0.15) is 37.0 Å². The van der Waals surface area contributed by atoms with Crippen LogP contribution in [0.3, 0.4) is 0 Å². The molecule has 1 unspecified atom stereocenters. The number of nitrogens with zero attached hydrogens (tertiary/aromatic N) is 2. The van der Waals surface area contributed by atoms with Crippen molar-refractivity contribution in [3.63, 3.8) is 0 Å². The molecule has 0 saturated heterocycles. The van der Waals surface area contributed by atoms with Crippen LogP contribution in [0.15, 0.2) is 23.8 Å². The van der Waals surface area contributed by atoms with Crippen LogP contribution in [0.25, 0.3) is 0 Å². The van der Waals surface area contributed by atoms with Crippen molar-refractivity contribution < 1.29 is 0 Å². The fraction of sp³-hybridized carbons (Fsp3) is 0.429. The number of anilines is 2. The molecule has 2 heterocycles. The average Bonchev–Trinajstić information content (AvgIpc) is 2.83. The number of pyridine rings is 1. The van der Waals surface area contributed by atoms with E-state index in [0.717, 1.165) is 35.0 Å². The summed E-state index contributed by atoms with van der Waals surface area (Å²) in [7, 11) is 0. The van der Waals surface area contributed by atoms with Crippen LogP contribution in [0.2, 0.25) is 0 Å². The zero-order valence-corrected chi connectivity index (χ0v) is 12.4. The van der Waals surface area contributed by atoms with Crippen molar-refractivity contribution in [2.45, 2.75) is 33.2 Å². The van der Waals surface area contributed by atoms with Gasteiger partial charge in [-0.2, -0.15) is 0 Å². The van der Waals surface area contributed by atoms with Crippen LogP contribution >= 0.6 is 11.3 Å². The van der Waals surface area contributed by atoms with E-state index in [1.165, 1.54) is 0 Å². The van der Waals surface area contributed by atoms with Gasteiger partial charge in [0.1, 0.15) is 5.01 Å². The predicted octanol–water partition coefficient (Wildman–Crippen LogP) is 3.84. The van der Waals surface area contributed by atoms with Crippen molar-refractivity contribution in [1.82, 2.24) is 9.97 Å². The molecule has 1 atom stereocenters. The Bertz CT molecular complexity index is 524. The highest BCUT2D eigenvalue weighted by molar-refractivity contribution is 7.09. The third-order valence-electron chi connectivity index (χ3n) is 2.71. The molecule has 5 heteroatoms. The van der Waals surface area contributed by atoms with Gasteiger partial charge < -0.3 is 10.6 Å². The van der Waals surface area contributed by atoms with E-state index < -0.39 is 0 Å². The molecule has 0 aliphatic heterocycles. The number of thiazole rings is 1. The second kappa shape index (κ2) is 6.52. The number of nitrogens with one attached hydrogen (secondary N) is 2. The molecule has 19 heavy (non-hydrogen) atoms. The Morgan fingerprint density at radius 2 is 2.11 bits per heavy atom. The Morgan fingerprint density at radius 1 is 1.32 bits per heavy atom. The molecule has 2 aromatic heterocycles. The van der Waals surface area contributed by atoms with Gasteiger partial charge in [0.25, 0.3) is 0 Å². The third kappa shape index (κ3) is 3.92. The molecular formula is C14H20N4S. The summed E-state index contributed by atoms with van der Waals surface area (Å²) in [5.74, 6) is 0. The number of rotatable bonds is 6. The maximum absolute atomic E-state index is 4.50. The molecule has 2 rings (SSSR count). The van der Waals surface area contributed by atoms with E-state index in [-0.39, 0.29) is 6.04 Å². The Hall–Kier alpha value is -1.62. The van der Waals surface area contributed by atoms with Crippen molar-refractivity contribution >= 4 is 22.7 Å². The first-order valence-corrected chi connectivity index (χ1v) is 7.44. The molecule has 2 aromatic rings. The Morgan fingerprint density at radius 3 is 2.79 bits per heavy atom.